The zero-order valence-corrected chi connectivity index (χ0v) is 8.78. The number of aliphatic hydroxyl groups is 1. The molecule has 1 N–H and O–H groups in total. The van der Waals surface area contributed by atoms with Gasteiger partial charge in [-0.1, -0.05) is 0 Å². The first kappa shape index (κ1) is 12.4. The Bertz CT molecular complexity index is 159. The third-order valence-corrected chi connectivity index (χ3v) is 2.10. The number of carbonyl (C=O) groups is 1. The molecule has 0 spiro atoms. The molecular weight excluding hydrogens is 170 g/mol. The molecule has 0 bridgehead atoms. The van der Waals surface area contributed by atoms with E-state index in [0.717, 1.165) is 0 Å². The zero-order chi connectivity index (χ0) is 10.4. The van der Waals surface area contributed by atoms with Crippen LogP contribution in [0.4, 0.5) is 0 Å². The molecule has 0 aromatic carbocycles. The molecule has 0 heterocycles. The van der Waals surface area contributed by atoms with Gasteiger partial charge in [-0.3, -0.25) is 9.69 Å². The molecule has 0 saturated carbocycles. The highest BCUT2D eigenvalue weighted by Crippen LogP contribution is 2.00. The number of nitrogens with zero attached hydrogens (tertiary/aromatic N) is 1. The maximum Gasteiger partial charge on any atom is 0.322 e. The van der Waals surface area contributed by atoms with Crippen molar-refractivity contribution in [3.8, 4) is 0 Å². The molecule has 78 valence electrons. The first-order chi connectivity index (χ1) is 5.99. The molecule has 4 heteroatoms. The lowest BCUT2D eigenvalue weighted by Crippen LogP contribution is -2.38. The summed E-state index contributed by atoms with van der Waals surface area (Å²) >= 11 is 0. The number of rotatable bonds is 5. The van der Waals surface area contributed by atoms with Crippen LogP contribution < -0.4 is 0 Å². The Labute approximate surface area is 79.5 Å². The summed E-state index contributed by atoms with van der Waals surface area (Å²) in [7, 11) is 3.21. The fourth-order valence-electron chi connectivity index (χ4n) is 0.935. The van der Waals surface area contributed by atoms with Crippen LogP contribution in [-0.4, -0.2) is 48.8 Å². The van der Waals surface area contributed by atoms with Gasteiger partial charge in [0.2, 0.25) is 0 Å². The van der Waals surface area contributed by atoms with Crippen LogP contribution in [-0.2, 0) is 9.53 Å². The van der Waals surface area contributed by atoms with Gasteiger partial charge in [-0.15, -0.1) is 0 Å². The lowest BCUT2D eigenvalue weighted by atomic mass is 10.2. The molecule has 2 atom stereocenters. The van der Waals surface area contributed by atoms with E-state index in [0.29, 0.717) is 13.0 Å². The second kappa shape index (κ2) is 5.94. The summed E-state index contributed by atoms with van der Waals surface area (Å²) in [5.41, 5.74) is 0. The largest absolute Gasteiger partial charge is 0.468 e. The quantitative estimate of drug-likeness (QED) is 0.630. The SMILES string of the molecule is COC(=O)C(C)N(C)CCC(C)O. The Balaban J connectivity index is 3.82. The van der Waals surface area contributed by atoms with E-state index in [-0.39, 0.29) is 18.1 Å². The van der Waals surface area contributed by atoms with Gasteiger partial charge in [0.25, 0.3) is 0 Å². The van der Waals surface area contributed by atoms with E-state index < -0.39 is 0 Å². The van der Waals surface area contributed by atoms with E-state index in [4.69, 9.17) is 5.11 Å². The van der Waals surface area contributed by atoms with Crippen LogP contribution in [0.2, 0.25) is 0 Å². The minimum atomic E-state index is -0.327. The number of hydrogen-bond donors (Lipinski definition) is 1. The van der Waals surface area contributed by atoms with E-state index in [1.807, 2.05) is 11.9 Å². The van der Waals surface area contributed by atoms with Gasteiger partial charge in [-0.05, 0) is 27.3 Å². The van der Waals surface area contributed by atoms with Crippen molar-refractivity contribution in [1.29, 1.82) is 0 Å². The molecule has 0 aromatic heterocycles. The molecule has 2 unspecified atom stereocenters. The van der Waals surface area contributed by atoms with Crippen molar-refractivity contribution in [1.82, 2.24) is 4.90 Å². The van der Waals surface area contributed by atoms with Gasteiger partial charge in [0.15, 0.2) is 0 Å². The molecule has 0 amide bonds. The number of carbonyl (C=O) groups excluding carboxylic acids is 1. The maximum atomic E-state index is 11.1. The average molecular weight is 189 g/mol. The van der Waals surface area contributed by atoms with Crippen LogP contribution >= 0.6 is 0 Å². The zero-order valence-electron chi connectivity index (χ0n) is 8.78. The van der Waals surface area contributed by atoms with Crippen molar-refractivity contribution in [2.75, 3.05) is 20.7 Å². The van der Waals surface area contributed by atoms with Gasteiger partial charge in [0.1, 0.15) is 6.04 Å². The van der Waals surface area contributed by atoms with E-state index >= 15 is 0 Å². The van der Waals surface area contributed by atoms with Crippen molar-refractivity contribution in [3.05, 3.63) is 0 Å². The minimum Gasteiger partial charge on any atom is -0.468 e. The van der Waals surface area contributed by atoms with Crippen molar-refractivity contribution in [2.24, 2.45) is 0 Å². The first-order valence-electron chi connectivity index (χ1n) is 4.45. The van der Waals surface area contributed by atoms with Gasteiger partial charge < -0.3 is 9.84 Å². The monoisotopic (exact) mass is 189 g/mol. The maximum absolute atomic E-state index is 11.1. The van der Waals surface area contributed by atoms with Crippen LogP contribution in [0.5, 0.6) is 0 Å². The Morgan fingerprint density at radius 1 is 1.54 bits per heavy atom. The molecule has 0 radical (unpaired) electrons. The Kier molecular flexibility index (Phi) is 5.66. The summed E-state index contributed by atoms with van der Waals surface area (Å²) in [5.74, 6) is -0.243. The Morgan fingerprint density at radius 2 is 2.08 bits per heavy atom. The average Bonchev–Trinajstić information content (AvgIpc) is 2.11. The van der Waals surface area contributed by atoms with Crippen molar-refractivity contribution >= 4 is 5.97 Å². The second-order valence-corrected chi connectivity index (χ2v) is 3.32. The second-order valence-electron chi connectivity index (χ2n) is 3.32. The molecule has 0 saturated heterocycles. The van der Waals surface area contributed by atoms with Crippen LogP contribution in [0.25, 0.3) is 0 Å². The summed E-state index contributed by atoms with van der Waals surface area (Å²) in [6.07, 6.45) is 0.338. The summed E-state index contributed by atoms with van der Waals surface area (Å²) in [6, 6.07) is -0.247. The van der Waals surface area contributed by atoms with E-state index in [2.05, 4.69) is 4.74 Å². The summed E-state index contributed by atoms with van der Waals surface area (Å²) < 4.78 is 4.60. The number of esters is 1. The van der Waals surface area contributed by atoms with Crippen LogP contribution in [0, 0.1) is 0 Å². The third kappa shape index (κ3) is 4.85. The lowest BCUT2D eigenvalue weighted by Gasteiger charge is -2.22. The van der Waals surface area contributed by atoms with Gasteiger partial charge in [-0.25, -0.2) is 0 Å². The first-order valence-corrected chi connectivity index (χ1v) is 4.45. The van der Waals surface area contributed by atoms with Crippen LogP contribution in [0.3, 0.4) is 0 Å². The number of likely N-dealkylation sites (N-methyl/N-ethyl adjacent to an activating group) is 1. The predicted octanol–water partition coefficient (Wildman–Crippen LogP) is 0.251. The molecule has 4 nitrogen and oxygen atoms in total. The lowest BCUT2D eigenvalue weighted by molar-refractivity contribution is -0.145. The van der Waals surface area contributed by atoms with E-state index in [1.165, 1.54) is 7.11 Å². The van der Waals surface area contributed by atoms with Gasteiger partial charge in [-0.2, -0.15) is 0 Å². The molecule has 0 aliphatic heterocycles. The number of ether oxygens (including phenoxy) is 1. The predicted molar refractivity (Wildman–Crippen MR) is 50.4 cm³/mol. The van der Waals surface area contributed by atoms with Crippen LogP contribution in [0.15, 0.2) is 0 Å². The molecule has 0 fully saturated rings. The van der Waals surface area contributed by atoms with Crippen LogP contribution in [0.1, 0.15) is 20.3 Å². The minimum absolute atomic E-state index is 0.243. The highest BCUT2D eigenvalue weighted by molar-refractivity contribution is 5.75. The molecule has 0 aromatic rings. The van der Waals surface area contributed by atoms with Gasteiger partial charge >= 0.3 is 5.97 Å². The van der Waals surface area contributed by atoms with Gasteiger partial charge in [0.05, 0.1) is 13.2 Å². The van der Waals surface area contributed by atoms with E-state index in [1.54, 1.807) is 13.8 Å². The Hall–Kier alpha value is -0.610. The molecule has 0 rings (SSSR count). The number of hydrogen-bond acceptors (Lipinski definition) is 4. The smallest absolute Gasteiger partial charge is 0.322 e. The fraction of sp³-hybridized carbons (Fsp3) is 0.889. The summed E-state index contributed by atoms with van der Waals surface area (Å²) in [5, 5.41) is 9.04. The van der Waals surface area contributed by atoms with Crippen molar-refractivity contribution in [2.45, 2.75) is 32.4 Å². The van der Waals surface area contributed by atoms with Gasteiger partial charge in [0, 0.05) is 6.54 Å². The highest BCUT2D eigenvalue weighted by atomic mass is 16.5. The highest BCUT2D eigenvalue weighted by Gasteiger charge is 2.18. The summed E-state index contributed by atoms with van der Waals surface area (Å²) in [6.45, 7) is 4.21. The van der Waals surface area contributed by atoms with Crippen molar-refractivity contribution < 1.29 is 14.6 Å². The normalized spacial score (nSPS) is 15.5. The van der Waals surface area contributed by atoms with E-state index in [9.17, 15) is 4.79 Å². The number of methoxy groups -OCH3 is 1. The van der Waals surface area contributed by atoms with Crippen molar-refractivity contribution in [3.63, 3.8) is 0 Å². The molecular formula is C9H19NO3. The number of aliphatic hydroxyl groups excluding tert-OH is 1. The fourth-order valence-corrected chi connectivity index (χ4v) is 0.935. The topological polar surface area (TPSA) is 49.8 Å². The molecule has 13 heavy (non-hydrogen) atoms. The molecule has 0 aliphatic rings. The third-order valence-electron chi connectivity index (χ3n) is 2.10. The standard InChI is InChI=1S/C9H19NO3/c1-7(11)5-6-10(3)8(2)9(12)13-4/h7-8,11H,5-6H2,1-4H3. The molecule has 0 aliphatic carbocycles. The summed E-state index contributed by atoms with van der Waals surface area (Å²) in [4.78, 5) is 12.9. The Morgan fingerprint density at radius 3 is 2.46 bits per heavy atom.